The van der Waals surface area contributed by atoms with Gasteiger partial charge < -0.3 is 4.90 Å². The number of nitrogens with zero attached hydrogens (tertiary/aromatic N) is 4. The van der Waals surface area contributed by atoms with Gasteiger partial charge in [0.2, 0.25) is 0 Å². The van der Waals surface area contributed by atoms with Crippen LogP contribution in [-0.2, 0) is 0 Å². The number of H-pyrrole nitrogens is 2. The van der Waals surface area contributed by atoms with E-state index >= 15 is 0 Å². The number of amides is 1. The van der Waals surface area contributed by atoms with Crippen LogP contribution in [-0.4, -0.2) is 42.1 Å². The molecule has 0 unspecified atom stereocenters. The number of carbonyl (C=O) groups is 1. The Morgan fingerprint density at radius 1 is 1.27 bits per heavy atom. The molecule has 3 aromatic rings. The molecule has 1 saturated heterocycles. The first kappa shape index (κ1) is 16.2. The van der Waals surface area contributed by atoms with Crippen molar-refractivity contribution < 1.29 is 4.79 Å². The highest BCUT2D eigenvalue weighted by molar-refractivity contribution is 5.92. The van der Waals surface area contributed by atoms with E-state index in [0.717, 1.165) is 18.5 Å². The third-order valence-electron chi connectivity index (χ3n) is 4.87. The zero-order valence-corrected chi connectivity index (χ0v) is 14.4. The summed E-state index contributed by atoms with van der Waals surface area (Å²) in [6.07, 6.45) is 1.62. The summed E-state index contributed by atoms with van der Waals surface area (Å²) in [7, 11) is 0. The van der Waals surface area contributed by atoms with Crippen LogP contribution in [0.3, 0.4) is 0 Å². The quantitative estimate of drug-likeness (QED) is 0.703. The molecule has 0 saturated carbocycles. The summed E-state index contributed by atoms with van der Waals surface area (Å²) >= 11 is 0. The first-order chi connectivity index (χ1) is 12.5. The van der Waals surface area contributed by atoms with Gasteiger partial charge in [-0.3, -0.25) is 19.5 Å². The Hall–Kier alpha value is -3.23. The summed E-state index contributed by atoms with van der Waals surface area (Å²) < 4.78 is 1.41. The van der Waals surface area contributed by atoms with Crippen LogP contribution in [0.5, 0.6) is 0 Å². The van der Waals surface area contributed by atoms with Crippen molar-refractivity contribution in [3.05, 3.63) is 61.6 Å². The monoisotopic (exact) mass is 354 g/mol. The second-order valence-electron chi connectivity index (χ2n) is 6.50. The fourth-order valence-electron chi connectivity index (χ4n) is 3.35. The fourth-order valence-corrected chi connectivity index (χ4v) is 3.35. The minimum Gasteiger partial charge on any atom is -0.329 e. The third kappa shape index (κ3) is 2.52. The van der Waals surface area contributed by atoms with Gasteiger partial charge >= 0.3 is 0 Å². The van der Waals surface area contributed by atoms with Crippen molar-refractivity contribution in [1.82, 2.24) is 29.7 Å². The summed E-state index contributed by atoms with van der Waals surface area (Å²) in [6.45, 7) is 4.13. The summed E-state index contributed by atoms with van der Waals surface area (Å²) in [6, 6.07) is 4.31. The molecule has 0 aromatic carbocycles. The number of likely N-dealkylation sites (tertiary alicyclic amines) is 1. The maximum atomic E-state index is 12.8. The molecule has 1 aliphatic heterocycles. The zero-order valence-electron chi connectivity index (χ0n) is 14.4. The number of fused-ring (bicyclic) bond motifs is 1. The lowest BCUT2D eigenvalue weighted by molar-refractivity contribution is 0.0725. The standard InChI is InChI=1S/C17H18N6O3/c1-9-10(2)18-14-8-12(21-23(14)16(9)25)13-4-3-7-22(13)17(26)11-5-6-15(24)20-19-11/h5-6,8,13,21H,3-4,7H2,1-2H3,(H,20,24)/t13-/m0/s1. The fraction of sp³-hybridized carbons (Fsp3) is 0.353. The van der Waals surface area contributed by atoms with E-state index in [9.17, 15) is 14.4 Å². The Balaban J connectivity index is 1.72. The molecule has 1 atom stereocenters. The van der Waals surface area contributed by atoms with Crippen LogP contribution in [0, 0.1) is 13.8 Å². The van der Waals surface area contributed by atoms with E-state index in [1.807, 2.05) is 6.07 Å². The first-order valence-corrected chi connectivity index (χ1v) is 8.41. The molecule has 4 rings (SSSR count). The summed E-state index contributed by atoms with van der Waals surface area (Å²) in [4.78, 5) is 42.5. The number of aromatic amines is 2. The van der Waals surface area contributed by atoms with Crippen LogP contribution in [0.1, 0.15) is 46.3 Å². The summed E-state index contributed by atoms with van der Waals surface area (Å²) in [5.41, 5.74) is 2.27. The number of aromatic nitrogens is 5. The number of rotatable bonds is 2. The molecule has 0 aliphatic carbocycles. The predicted molar refractivity (Wildman–Crippen MR) is 93.2 cm³/mol. The zero-order chi connectivity index (χ0) is 18.4. The maximum absolute atomic E-state index is 12.8. The Kier molecular flexibility index (Phi) is 3.71. The average molecular weight is 354 g/mol. The van der Waals surface area contributed by atoms with Crippen LogP contribution < -0.4 is 11.1 Å². The van der Waals surface area contributed by atoms with Crippen LogP contribution >= 0.6 is 0 Å². The predicted octanol–water partition coefficient (Wildman–Crippen LogP) is 0.700. The molecule has 0 spiro atoms. The molecule has 4 heterocycles. The minimum atomic E-state index is -0.355. The van der Waals surface area contributed by atoms with Gasteiger partial charge in [-0.1, -0.05) is 0 Å². The molecular weight excluding hydrogens is 336 g/mol. The van der Waals surface area contributed by atoms with Crippen LogP contribution in [0.2, 0.25) is 0 Å². The lowest BCUT2D eigenvalue weighted by atomic mass is 10.1. The van der Waals surface area contributed by atoms with Crippen LogP contribution in [0.25, 0.3) is 5.65 Å². The highest BCUT2D eigenvalue weighted by atomic mass is 16.2. The number of hydrogen-bond donors (Lipinski definition) is 2. The van der Waals surface area contributed by atoms with Gasteiger partial charge in [0.1, 0.15) is 5.69 Å². The molecule has 9 nitrogen and oxygen atoms in total. The minimum absolute atomic E-state index is 0.142. The molecule has 134 valence electrons. The van der Waals surface area contributed by atoms with Crippen LogP contribution in [0.4, 0.5) is 0 Å². The van der Waals surface area contributed by atoms with Crippen molar-refractivity contribution in [1.29, 1.82) is 0 Å². The van der Waals surface area contributed by atoms with Gasteiger partial charge in [0, 0.05) is 29.9 Å². The first-order valence-electron chi connectivity index (χ1n) is 8.41. The molecule has 1 aliphatic rings. The van der Waals surface area contributed by atoms with Crippen molar-refractivity contribution in [3.63, 3.8) is 0 Å². The Labute approximate surface area is 147 Å². The Morgan fingerprint density at radius 3 is 2.81 bits per heavy atom. The van der Waals surface area contributed by atoms with Gasteiger partial charge in [-0.2, -0.15) is 5.10 Å². The van der Waals surface area contributed by atoms with Gasteiger partial charge in [0.05, 0.1) is 11.7 Å². The van der Waals surface area contributed by atoms with Gasteiger partial charge in [0.25, 0.3) is 17.0 Å². The van der Waals surface area contributed by atoms with E-state index in [2.05, 4.69) is 20.3 Å². The average Bonchev–Trinajstić information content (AvgIpc) is 3.26. The van der Waals surface area contributed by atoms with E-state index < -0.39 is 0 Å². The highest BCUT2D eigenvalue weighted by Gasteiger charge is 2.32. The molecule has 0 radical (unpaired) electrons. The molecule has 0 bridgehead atoms. The van der Waals surface area contributed by atoms with Gasteiger partial charge in [0.15, 0.2) is 5.65 Å². The maximum Gasteiger partial charge on any atom is 0.275 e. The number of aryl methyl sites for hydroxylation is 1. The number of nitrogens with one attached hydrogen (secondary N) is 2. The summed E-state index contributed by atoms with van der Waals surface area (Å²) in [5.74, 6) is -0.255. The lowest BCUT2D eigenvalue weighted by Crippen LogP contribution is -2.32. The smallest absolute Gasteiger partial charge is 0.275 e. The van der Waals surface area contributed by atoms with Crippen molar-refractivity contribution in [3.8, 4) is 0 Å². The Morgan fingerprint density at radius 2 is 2.08 bits per heavy atom. The lowest BCUT2D eigenvalue weighted by Gasteiger charge is -2.23. The largest absolute Gasteiger partial charge is 0.329 e. The topological polar surface area (TPSA) is 116 Å². The molecule has 2 N–H and O–H groups in total. The Bertz CT molecular complexity index is 1110. The highest BCUT2D eigenvalue weighted by Crippen LogP contribution is 2.32. The summed E-state index contributed by atoms with van der Waals surface area (Å²) in [5, 5.41) is 9.20. The van der Waals surface area contributed by atoms with E-state index in [4.69, 9.17) is 0 Å². The number of carbonyl (C=O) groups excluding carboxylic acids is 1. The second-order valence-corrected chi connectivity index (χ2v) is 6.50. The van der Waals surface area contributed by atoms with E-state index in [-0.39, 0.29) is 28.8 Å². The molecule has 1 fully saturated rings. The second kappa shape index (κ2) is 5.94. The molecule has 1 amide bonds. The van der Waals surface area contributed by atoms with E-state index in [1.165, 1.54) is 16.6 Å². The van der Waals surface area contributed by atoms with Crippen molar-refractivity contribution in [2.75, 3.05) is 6.54 Å². The molecule has 26 heavy (non-hydrogen) atoms. The van der Waals surface area contributed by atoms with Gasteiger partial charge in [-0.25, -0.2) is 14.6 Å². The van der Waals surface area contributed by atoms with Crippen molar-refractivity contribution in [2.24, 2.45) is 0 Å². The van der Waals surface area contributed by atoms with E-state index in [0.29, 0.717) is 23.4 Å². The van der Waals surface area contributed by atoms with Gasteiger partial charge in [-0.15, -0.1) is 0 Å². The van der Waals surface area contributed by atoms with Crippen LogP contribution in [0.15, 0.2) is 27.8 Å². The van der Waals surface area contributed by atoms with Gasteiger partial charge in [-0.05, 0) is 32.8 Å². The van der Waals surface area contributed by atoms with Crippen molar-refractivity contribution in [2.45, 2.75) is 32.7 Å². The van der Waals surface area contributed by atoms with E-state index in [1.54, 1.807) is 18.7 Å². The molecular formula is C17H18N6O3. The third-order valence-corrected chi connectivity index (χ3v) is 4.87. The molecule has 9 heteroatoms. The SMILES string of the molecule is Cc1nc2cc([C@@H]3CCCN3C(=O)c3ccc(=O)[nH]n3)[nH]n2c(=O)c1C. The molecule has 3 aromatic heterocycles. The normalized spacial score (nSPS) is 17.2. The number of hydrogen-bond acceptors (Lipinski definition) is 5. The van der Waals surface area contributed by atoms with Crippen molar-refractivity contribution >= 4 is 11.6 Å².